The lowest BCUT2D eigenvalue weighted by molar-refractivity contribution is 0.144. The van der Waals surface area contributed by atoms with Crippen molar-refractivity contribution in [1.82, 2.24) is 10.2 Å². The molecule has 2 rings (SSSR count). The molecule has 5 heteroatoms. The first-order chi connectivity index (χ1) is 8.61. The number of piperidine rings is 1. The normalized spacial score (nSPS) is 32.7. The van der Waals surface area contributed by atoms with Gasteiger partial charge in [-0.05, 0) is 32.2 Å². The lowest BCUT2D eigenvalue weighted by Crippen LogP contribution is -2.44. The van der Waals surface area contributed by atoms with Crippen molar-refractivity contribution in [3.8, 4) is 0 Å². The molecule has 0 spiro atoms. The van der Waals surface area contributed by atoms with Crippen LogP contribution in [0.1, 0.15) is 39.0 Å². The fourth-order valence-corrected chi connectivity index (χ4v) is 4.89. The van der Waals surface area contributed by atoms with Crippen molar-refractivity contribution in [2.45, 2.75) is 51.1 Å². The Labute approximate surface area is 111 Å². The van der Waals surface area contributed by atoms with Crippen LogP contribution in [-0.4, -0.2) is 56.5 Å². The molecule has 2 atom stereocenters. The van der Waals surface area contributed by atoms with Gasteiger partial charge in [0.25, 0.3) is 0 Å². The Morgan fingerprint density at radius 3 is 2.78 bits per heavy atom. The number of rotatable bonds is 5. The maximum absolute atomic E-state index is 11.4. The van der Waals surface area contributed by atoms with Crippen LogP contribution in [0.4, 0.5) is 0 Å². The monoisotopic (exact) mass is 274 g/mol. The maximum Gasteiger partial charge on any atom is 0.151 e. The molecule has 2 saturated heterocycles. The summed E-state index contributed by atoms with van der Waals surface area (Å²) in [6, 6.07) is 0.938. The predicted octanol–water partition coefficient (Wildman–Crippen LogP) is 1.03. The summed E-state index contributed by atoms with van der Waals surface area (Å²) < 4.78 is 22.7. The van der Waals surface area contributed by atoms with Gasteiger partial charge in [0.15, 0.2) is 9.84 Å². The Kier molecular flexibility index (Phi) is 5.04. The van der Waals surface area contributed by atoms with E-state index in [1.54, 1.807) is 0 Å². The molecule has 0 bridgehead atoms. The molecule has 18 heavy (non-hydrogen) atoms. The first-order valence-electron chi connectivity index (χ1n) is 7.28. The second kappa shape index (κ2) is 6.35. The van der Waals surface area contributed by atoms with Crippen molar-refractivity contribution in [3.05, 3.63) is 0 Å². The van der Waals surface area contributed by atoms with Crippen LogP contribution in [0.5, 0.6) is 0 Å². The topological polar surface area (TPSA) is 49.4 Å². The SMILES string of the molecule is CCC1CCCCN1CCNC1CCS(=O)(=O)C1. The first-order valence-corrected chi connectivity index (χ1v) is 9.11. The Balaban J connectivity index is 1.68. The molecule has 2 aliphatic rings. The summed E-state index contributed by atoms with van der Waals surface area (Å²) >= 11 is 0. The molecule has 4 nitrogen and oxygen atoms in total. The van der Waals surface area contributed by atoms with E-state index in [-0.39, 0.29) is 6.04 Å². The maximum atomic E-state index is 11.4. The van der Waals surface area contributed by atoms with Gasteiger partial charge in [-0.25, -0.2) is 8.42 Å². The van der Waals surface area contributed by atoms with Crippen molar-refractivity contribution in [2.24, 2.45) is 0 Å². The van der Waals surface area contributed by atoms with Crippen molar-refractivity contribution in [2.75, 3.05) is 31.1 Å². The second-order valence-electron chi connectivity index (χ2n) is 5.65. The van der Waals surface area contributed by atoms with E-state index in [1.165, 1.54) is 32.2 Å². The van der Waals surface area contributed by atoms with Gasteiger partial charge in [-0.3, -0.25) is 4.90 Å². The Morgan fingerprint density at radius 2 is 2.11 bits per heavy atom. The van der Waals surface area contributed by atoms with Crippen LogP contribution in [0.25, 0.3) is 0 Å². The molecule has 1 N–H and O–H groups in total. The third-order valence-corrected chi connectivity index (χ3v) is 6.05. The minimum Gasteiger partial charge on any atom is -0.312 e. The fourth-order valence-electron chi connectivity index (χ4n) is 3.18. The van der Waals surface area contributed by atoms with E-state index in [9.17, 15) is 8.42 Å². The number of hydrogen-bond donors (Lipinski definition) is 1. The molecule has 2 aliphatic heterocycles. The fraction of sp³-hybridized carbons (Fsp3) is 1.00. The van der Waals surface area contributed by atoms with Crippen LogP contribution in [0, 0.1) is 0 Å². The number of nitrogens with zero attached hydrogens (tertiary/aromatic N) is 1. The Hall–Kier alpha value is -0.130. The summed E-state index contributed by atoms with van der Waals surface area (Å²) in [5.74, 6) is 0.705. The molecular formula is C13H26N2O2S. The molecule has 0 saturated carbocycles. The van der Waals surface area contributed by atoms with Gasteiger partial charge in [-0.2, -0.15) is 0 Å². The van der Waals surface area contributed by atoms with Crippen molar-refractivity contribution in [1.29, 1.82) is 0 Å². The molecule has 0 amide bonds. The minimum atomic E-state index is -2.74. The molecule has 2 unspecified atom stereocenters. The third kappa shape index (κ3) is 3.93. The summed E-state index contributed by atoms with van der Waals surface area (Å²) in [4.78, 5) is 2.57. The number of nitrogens with one attached hydrogen (secondary N) is 1. The second-order valence-corrected chi connectivity index (χ2v) is 7.88. The molecule has 0 radical (unpaired) electrons. The van der Waals surface area contributed by atoms with E-state index in [0.717, 1.165) is 25.6 Å². The van der Waals surface area contributed by atoms with Gasteiger partial charge in [-0.15, -0.1) is 0 Å². The average Bonchev–Trinajstić information content (AvgIpc) is 2.69. The van der Waals surface area contributed by atoms with E-state index in [1.807, 2.05) is 0 Å². The van der Waals surface area contributed by atoms with Crippen LogP contribution >= 0.6 is 0 Å². The van der Waals surface area contributed by atoms with Gasteiger partial charge >= 0.3 is 0 Å². The highest BCUT2D eigenvalue weighted by atomic mass is 32.2. The van der Waals surface area contributed by atoms with Crippen LogP contribution in [0.2, 0.25) is 0 Å². The number of hydrogen-bond acceptors (Lipinski definition) is 4. The summed E-state index contributed by atoms with van der Waals surface area (Å²) in [5.41, 5.74) is 0. The highest BCUT2D eigenvalue weighted by molar-refractivity contribution is 7.91. The minimum absolute atomic E-state index is 0.194. The van der Waals surface area contributed by atoms with E-state index >= 15 is 0 Å². The molecule has 2 heterocycles. The van der Waals surface area contributed by atoms with Crippen LogP contribution in [0.3, 0.4) is 0 Å². The average molecular weight is 274 g/mol. The molecule has 106 valence electrons. The Bertz CT molecular complexity index is 356. The first kappa shape index (κ1) is 14.3. The van der Waals surface area contributed by atoms with Gasteiger partial charge in [0.2, 0.25) is 0 Å². The highest BCUT2D eigenvalue weighted by Crippen LogP contribution is 2.18. The Morgan fingerprint density at radius 1 is 1.28 bits per heavy atom. The van der Waals surface area contributed by atoms with E-state index in [4.69, 9.17) is 0 Å². The molecule has 2 fully saturated rings. The van der Waals surface area contributed by atoms with Gasteiger partial charge in [0.05, 0.1) is 11.5 Å². The number of sulfone groups is 1. The van der Waals surface area contributed by atoms with Crippen LogP contribution in [0.15, 0.2) is 0 Å². The largest absolute Gasteiger partial charge is 0.312 e. The summed E-state index contributed by atoms with van der Waals surface area (Å²) in [7, 11) is -2.74. The zero-order valence-electron chi connectivity index (χ0n) is 11.4. The van der Waals surface area contributed by atoms with Crippen LogP contribution < -0.4 is 5.32 Å². The smallest absolute Gasteiger partial charge is 0.151 e. The van der Waals surface area contributed by atoms with Gasteiger partial charge < -0.3 is 5.32 Å². The van der Waals surface area contributed by atoms with E-state index in [2.05, 4.69) is 17.1 Å². The predicted molar refractivity (Wildman–Crippen MR) is 74.6 cm³/mol. The van der Waals surface area contributed by atoms with Crippen LogP contribution in [-0.2, 0) is 9.84 Å². The quantitative estimate of drug-likeness (QED) is 0.813. The van der Waals surface area contributed by atoms with Gasteiger partial charge in [0.1, 0.15) is 0 Å². The van der Waals surface area contributed by atoms with E-state index in [0.29, 0.717) is 11.5 Å². The van der Waals surface area contributed by atoms with E-state index < -0.39 is 9.84 Å². The summed E-state index contributed by atoms with van der Waals surface area (Å²) in [6.45, 7) is 5.47. The number of likely N-dealkylation sites (tertiary alicyclic amines) is 1. The van der Waals surface area contributed by atoms with Crippen molar-refractivity contribution >= 4 is 9.84 Å². The summed E-state index contributed by atoms with van der Waals surface area (Å²) in [5, 5.41) is 3.41. The van der Waals surface area contributed by atoms with Crippen molar-refractivity contribution in [3.63, 3.8) is 0 Å². The standard InChI is InChI=1S/C13H26N2O2S/c1-2-13-5-3-4-8-15(13)9-7-14-12-6-10-18(16,17)11-12/h12-14H,2-11H2,1H3. The lowest BCUT2D eigenvalue weighted by atomic mass is 10.0. The zero-order chi connectivity index (χ0) is 13.0. The molecular weight excluding hydrogens is 248 g/mol. The molecule has 0 aromatic carbocycles. The lowest BCUT2D eigenvalue weighted by Gasteiger charge is -2.35. The van der Waals surface area contributed by atoms with Gasteiger partial charge in [-0.1, -0.05) is 13.3 Å². The molecule has 0 aromatic rings. The zero-order valence-corrected chi connectivity index (χ0v) is 12.2. The molecule has 0 aliphatic carbocycles. The van der Waals surface area contributed by atoms with Gasteiger partial charge in [0, 0.05) is 25.2 Å². The van der Waals surface area contributed by atoms with Crippen molar-refractivity contribution < 1.29 is 8.42 Å². The third-order valence-electron chi connectivity index (χ3n) is 4.28. The molecule has 0 aromatic heterocycles. The summed E-state index contributed by atoms with van der Waals surface area (Å²) in [6.07, 6.45) is 6.03. The highest BCUT2D eigenvalue weighted by Gasteiger charge is 2.27.